The van der Waals surface area contributed by atoms with Crippen LogP contribution in [0.3, 0.4) is 0 Å². The molecule has 0 spiro atoms. The quantitative estimate of drug-likeness (QED) is 0.682. The van der Waals surface area contributed by atoms with E-state index in [0.29, 0.717) is 11.4 Å². The van der Waals surface area contributed by atoms with Crippen LogP contribution in [-0.4, -0.2) is 60.1 Å². The van der Waals surface area contributed by atoms with E-state index in [1.807, 2.05) is 6.07 Å². The molecule has 24 heavy (non-hydrogen) atoms. The molecule has 0 amide bonds. The third kappa shape index (κ3) is 2.70. The van der Waals surface area contributed by atoms with Crippen molar-refractivity contribution in [3.05, 3.63) is 40.6 Å². The molecule has 0 bridgehead atoms. The second-order valence-corrected chi connectivity index (χ2v) is 6.43. The Labute approximate surface area is 140 Å². The molecule has 2 saturated heterocycles. The topological polar surface area (TPSA) is 74.5 Å². The van der Waals surface area contributed by atoms with E-state index in [-0.39, 0.29) is 10.6 Å². The van der Waals surface area contributed by atoms with Crippen molar-refractivity contribution >= 4 is 22.3 Å². The van der Waals surface area contributed by atoms with Crippen LogP contribution in [0.25, 0.3) is 10.9 Å². The SMILES string of the molecule is O=[N+]([O-])c1ccc(N2CCN(C3CCNC3)CC2)c2ncccc12. The van der Waals surface area contributed by atoms with E-state index in [1.54, 1.807) is 24.4 Å². The average Bonchev–Trinajstić information content (AvgIpc) is 3.15. The van der Waals surface area contributed by atoms with Gasteiger partial charge in [0, 0.05) is 51.0 Å². The predicted octanol–water partition coefficient (Wildman–Crippen LogP) is 1.63. The number of nitro benzene ring substituents is 1. The van der Waals surface area contributed by atoms with Gasteiger partial charge in [0.15, 0.2) is 0 Å². The van der Waals surface area contributed by atoms with Crippen LogP contribution in [0, 0.1) is 10.1 Å². The zero-order chi connectivity index (χ0) is 16.5. The van der Waals surface area contributed by atoms with E-state index in [1.165, 1.54) is 6.42 Å². The molecule has 2 aromatic rings. The molecule has 1 aromatic heterocycles. The Hall–Kier alpha value is -2.25. The van der Waals surface area contributed by atoms with Crippen LogP contribution in [-0.2, 0) is 0 Å². The van der Waals surface area contributed by atoms with Crippen LogP contribution in [0.1, 0.15) is 6.42 Å². The number of aromatic nitrogens is 1. The number of pyridine rings is 1. The highest BCUT2D eigenvalue weighted by Crippen LogP contribution is 2.32. The lowest BCUT2D eigenvalue weighted by Crippen LogP contribution is -2.51. The zero-order valence-electron chi connectivity index (χ0n) is 13.5. The molecule has 3 heterocycles. The van der Waals surface area contributed by atoms with Gasteiger partial charge >= 0.3 is 0 Å². The first-order chi connectivity index (χ1) is 11.7. The van der Waals surface area contributed by atoms with E-state index in [9.17, 15) is 10.1 Å². The molecule has 2 fully saturated rings. The van der Waals surface area contributed by atoms with E-state index in [0.717, 1.165) is 50.5 Å². The molecule has 2 aliphatic rings. The Bertz CT molecular complexity index is 752. The highest BCUT2D eigenvalue weighted by atomic mass is 16.6. The number of rotatable bonds is 3. The van der Waals surface area contributed by atoms with Crippen molar-refractivity contribution in [3.63, 3.8) is 0 Å². The summed E-state index contributed by atoms with van der Waals surface area (Å²) in [6.45, 7) is 6.11. The highest BCUT2D eigenvalue weighted by molar-refractivity contribution is 5.97. The molecular weight excluding hydrogens is 306 g/mol. The van der Waals surface area contributed by atoms with Crippen LogP contribution in [0.15, 0.2) is 30.5 Å². The van der Waals surface area contributed by atoms with Gasteiger partial charge in [0.1, 0.15) is 5.52 Å². The van der Waals surface area contributed by atoms with E-state index < -0.39 is 0 Å². The van der Waals surface area contributed by atoms with Crippen molar-refractivity contribution in [2.75, 3.05) is 44.2 Å². The maximum absolute atomic E-state index is 11.2. The van der Waals surface area contributed by atoms with Crippen molar-refractivity contribution in [1.82, 2.24) is 15.2 Å². The van der Waals surface area contributed by atoms with Gasteiger partial charge in [-0.25, -0.2) is 0 Å². The van der Waals surface area contributed by atoms with Crippen LogP contribution >= 0.6 is 0 Å². The molecule has 7 nitrogen and oxygen atoms in total. The molecule has 1 N–H and O–H groups in total. The van der Waals surface area contributed by atoms with E-state index in [2.05, 4.69) is 20.1 Å². The van der Waals surface area contributed by atoms with Crippen molar-refractivity contribution < 1.29 is 4.92 Å². The molecule has 7 heteroatoms. The van der Waals surface area contributed by atoms with Gasteiger partial charge in [-0.2, -0.15) is 0 Å². The molecule has 126 valence electrons. The van der Waals surface area contributed by atoms with E-state index >= 15 is 0 Å². The first kappa shape index (κ1) is 15.3. The Balaban J connectivity index is 1.59. The predicted molar refractivity (Wildman–Crippen MR) is 93.5 cm³/mol. The molecule has 1 atom stereocenters. The second kappa shape index (κ2) is 6.33. The number of nitro groups is 1. The van der Waals surface area contributed by atoms with Gasteiger partial charge in [-0.3, -0.25) is 20.0 Å². The number of hydrogen-bond donors (Lipinski definition) is 1. The minimum Gasteiger partial charge on any atom is -0.367 e. The summed E-state index contributed by atoms with van der Waals surface area (Å²) in [6, 6.07) is 7.64. The first-order valence-corrected chi connectivity index (χ1v) is 8.46. The number of anilines is 1. The Kier molecular flexibility index (Phi) is 4.03. The lowest BCUT2D eigenvalue weighted by molar-refractivity contribution is -0.383. The first-order valence-electron chi connectivity index (χ1n) is 8.46. The van der Waals surface area contributed by atoms with Crippen molar-refractivity contribution in [2.24, 2.45) is 0 Å². The van der Waals surface area contributed by atoms with Gasteiger partial charge in [0.05, 0.1) is 16.0 Å². The van der Waals surface area contributed by atoms with Crippen LogP contribution in [0.2, 0.25) is 0 Å². The summed E-state index contributed by atoms with van der Waals surface area (Å²) in [5, 5.41) is 15.3. The summed E-state index contributed by atoms with van der Waals surface area (Å²) in [6.07, 6.45) is 2.93. The van der Waals surface area contributed by atoms with Crippen molar-refractivity contribution in [1.29, 1.82) is 0 Å². The lowest BCUT2D eigenvalue weighted by Gasteiger charge is -2.39. The lowest BCUT2D eigenvalue weighted by atomic mass is 10.1. The summed E-state index contributed by atoms with van der Waals surface area (Å²) in [5.41, 5.74) is 1.85. The van der Waals surface area contributed by atoms with Crippen LogP contribution < -0.4 is 10.2 Å². The number of benzene rings is 1. The number of non-ortho nitro benzene ring substituents is 1. The molecular formula is C17H21N5O2. The maximum atomic E-state index is 11.2. The maximum Gasteiger partial charge on any atom is 0.278 e. The number of nitrogens with one attached hydrogen (secondary N) is 1. The summed E-state index contributed by atoms with van der Waals surface area (Å²) < 4.78 is 0. The highest BCUT2D eigenvalue weighted by Gasteiger charge is 2.27. The number of hydrogen-bond acceptors (Lipinski definition) is 6. The average molecular weight is 327 g/mol. The van der Waals surface area contributed by atoms with Crippen molar-refractivity contribution in [3.8, 4) is 0 Å². The van der Waals surface area contributed by atoms with Gasteiger partial charge in [-0.1, -0.05) is 0 Å². The molecule has 0 radical (unpaired) electrons. The molecule has 4 rings (SSSR count). The standard InChI is InChI=1S/C17H21N5O2/c23-22(24)15-3-4-16(17-14(15)2-1-6-19-17)21-10-8-20(9-11-21)13-5-7-18-12-13/h1-4,6,13,18H,5,7-12H2. The largest absolute Gasteiger partial charge is 0.367 e. The van der Waals surface area contributed by atoms with Crippen LogP contribution in [0.4, 0.5) is 11.4 Å². The smallest absolute Gasteiger partial charge is 0.278 e. The zero-order valence-corrected chi connectivity index (χ0v) is 13.5. The van der Waals surface area contributed by atoms with Crippen molar-refractivity contribution in [2.45, 2.75) is 12.5 Å². The minimum atomic E-state index is -0.334. The Morgan fingerprint density at radius 1 is 1.21 bits per heavy atom. The van der Waals surface area contributed by atoms with Gasteiger partial charge < -0.3 is 10.2 Å². The third-order valence-corrected chi connectivity index (χ3v) is 5.13. The Morgan fingerprint density at radius 3 is 2.75 bits per heavy atom. The fourth-order valence-corrected chi connectivity index (χ4v) is 3.84. The number of fused-ring (bicyclic) bond motifs is 1. The number of nitrogens with zero attached hydrogens (tertiary/aromatic N) is 4. The molecule has 0 saturated carbocycles. The summed E-state index contributed by atoms with van der Waals surface area (Å²) in [5.74, 6) is 0. The number of piperazine rings is 1. The van der Waals surface area contributed by atoms with Gasteiger partial charge in [-0.15, -0.1) is 0 Å². The minimum absolute atomic E-state index is 0.123. The monoisotopic (exact) mass is 327 g/mol. The molecule has 1 unspecified atom stereocenters. The Morgan fingerprint density at radius 2 is 2.04 bits per heavy atom. The second-order valence-electron chi connectivity index (χ2n) is 6.43. The van der Waals surface area contributed by atoms with Crippen LogP contribution in [0.5, 0.6) is 0 Å². The summed E-state index contributed by atoms with van der Waals surface area (Å²) in [4.78, 5) is 20.2. The molecule has 0 aliphatic carbocycles. The normalized spacial score (nSPS) is 22.2. The van der Waals surface area contributed by atoms with Gasteiger partial charge in [-0.05, 0) is 31.2 Å². The molecule has 2 aliphatic heterocycles. The molecule has 1 aromatic carbocycles. The van der Waals surface area contributed by atoms with E-state index in [4.69, 9.17) is 0 Å². The fraction of sp³-hybridized carbons (Fsp3) is 0.471. The third-order valence-electron chi connectivity index (χ3n) is 5.13. The summed E-state index contributed by atoms with van der Waals surface area (Å²) in [7, 11) is 0. The van der Waals surface area contributed by atoms with Gasteiger partial charge in [0.25, 0.3) is 5.69 Å². The fourth-order valence-electron chi connectivity index (χ4n) is 3.84. The summed E-state index contributed by atoms with van der Waals surface area (Å²) >= 11 is 0. The van der Waals surface area contributed by atoms with Gasteiger partial charge in [0.2, 0.25) is 0 Å².